The minimum atomic E-state index is -6.88. The van der Waals surface area contributed by atoms with E-state index in [0.717, 1.165) is 24.3 Å². The molecule has 0 radical (unpaired) electrons. The molecule has 2 aromatic rings. The van der Waals surface area contributed by atoms with Crippen LogP contribution in [0.25, 0.3) is 11.1 Å². The van der Waals surface area contributed by atoms with E-state index >= 15 is 4.39 Å². The number of nitriles is 2. The smallest absolute Gasteiger partial charge is 0.221 e. The van der Waals surface area contributed by atoms with E-state index in [2.05, 4.69) is 0 Å². The fraction of sp³-hybridized carbons (Fsp3) is 0.222. The molecule has 1 atom stereocenters. The molecule has 0 aromatic heterocycles. The molecule has 0 fully saturated rings. The summed E-state index contributed by atoms with van der Waals surface area (Å²) in [5.41, 5.74) is -10.2. The lowest BCUT2D eigenvalue weighted by molar-refractivity contribution is -0.389. The lowest BCUT2D eigenvalue weighted by Gasteiger charge is -2.37. The molecule has 0 heterocycles. The minimum absolute atomic E-state index is 0.232. The molecule has 164 valence electrons. The largest absolute Gasteiger partial charge is 0.457 e. The molecule has 0 aliphatic heterocycles. The first-order valence-electron chi connectivity index (χ1n) is 7.66. The highest BCUT2D eigenvalue weighted by molar-refractivity contribution is 14.1. The molecule has 1 unspecified atom stereocenters. The van der Waals surface area contributed by atoms with Crippen LogP contribution < -0.4 is 0 Å². The molecular formula is C18H5F9I2N2. The topological polar surface area (TPSA) is 47.6 Å². The summed E-state index contributed by atoms with van der Waals surface area (Å²) in [7, 11) is 0. The monoisotopic (exact) mass is 674 g/mol. The molecule has 0 amide bonds. The normalized spacial score (nSPS) is 14.5. The Bertz CT molecular complexity index is 1080. The standard InChI is InChI=1S/C18H5F9I2N2/c19-15(17(22,23)24,16(20,21)18(25,26)27)12-4-11(28)5-13(29)14(12)10-2-8(6-30)1-9(3-10)7-31/h1-5H. The highest BCUT2D eigenvalue weighted by Crippen LogP contribution is 2.60. The van der Waals surface area contributed by atoms with Crippen LogP contribution in [0.15, 0.2) is 30.3 Å². The van der Waals surface area contributed by atoms with Crippen LogP contribution in [0.1, 0.15) is 16.7 Å². The third-order valence-electron chi connectivity index (χ3n) is 4.09. The van der Waals surface area contributed by atoms with E-state index in [1.54, 1.807) is 12.1 Å². The molecule has 0 saturated carbocycles. The van der Waals surface area contributed by atoms with Gasteiger partial charge in [-0.15, -0.1) is 0 Å². The second kappa shape index (κ2) is 8.31. The van der Waals surface area contributed by atoms with Crippen molar-refractivity contribution in [2.24, 2.45) is 0 Å². The zero-order chi connectivity index (χ0) is 24.0. The predicted octanol–water partition coefficient (Wildman–Crippen LogP) is 7.23. The van der Waals surface area contributed by atoms with Gasteiger partial charge in [0.1, 0.15) is 0 Å². The minimum Gasteiger partial charge on any atom is -0.221 e. The Morgan fingerprint density at radius 2 is 1.16 bits per heavy atom. The fourth-order valence-corrected chi connectivity index (χ4v) is 4.89. The number of rotatable bonds is 3. The molecule has 0 aliphatic carbocycles. The maximum absolute atomic E-state index is 15.2. The van der Waals surface area contributed by atoms with E-state index in [1.807, 2.05) is 0 Å². The van der Waals surface area contributed by atoms with Gasteiger partial charge in [0.2, 0.25) is 0 Å². The second-order valence-electron chi connectivity index (χ2n) is 6.06. The van der Waals surface area contributed by atoms with Crippen LogP contribution in [0, 0.1) is 29.8 Å². The number of halogens is 11. The highest BCUT2D eigenvalue weighted by atomic mass is 127. The molecule has 2 rings (SSSR count). The van der Waals surface area contributed by atoms with Gasteiger partial charge in [-0.25, -0.2) is 4.39 Å². The van der Waals surface area contributed by atoms with E-state index < -0.39 is 40.6 Å². The molecule has 2 nitrogen and oxygen atoms in total. The van der Waals surface area contributed by atoms with Crippen LogP contribution in [-0.4, -0.2) is 18.3 Å². The van der Waals surface area contributed by atoms with Crippen LogP contribution in [0.2, 0.25) is 0 Å². The van der Waals surface area contributed by atoms with Crippen LogP contribution >= 0.6 is 45.2 Å². The summed E-state index contributed by atoms with van der Waals surface area (Å²) >= 11 is 2.69. The average Bonchev–Trinajstić information content (AvgIpc) is 2.64. The summed E-state index contributed by atoms with van der Waals surface area (Å²) < 4.78 is 122. The van der Waals surface area contributed by atoms with E-state index in [4.69, 9.17) is 10.5 Å². The van der Waals surface area contributed by atoms with Crippen molar-refractivity contribution in [2.75, 3.05) is 0 Å². The van der Waals surface area contributed by atoms with Crippen molar-refractivity contribution in [3.8, 4) is 23.3 Å². The molecule has 0 spiro atoms. The Kier molecular flexibility index (Phi) is 6.84. The SMILES string of the molecule is N#Cc1cc(C#N)cc(-c2c(I)cc(I)cc2C(F)(C(F)(F)F)C(F)(F)C(F)(F)F)c1. The van der Waals surface area contributed by atoms with Gasteiger partial charge in [0, 0.05) is 18.3 Å². The van der Waals surface area contributed by atoms with Gasteiger partial charge in [0.05, 0.1) is 23.3 Å². The quantitative estimate of drug-likeness (QED) is 0.255. The molecule has 31 heavy (non-hydrogen) atoms. The first kappa shape index (κ1) is 25.5. The molecule has 0 aliphatic rings. The van der Waals surface area contributed by atoms with E-state index in [0.29, 0.717) is 0 Å². The van der Waals surface area contributed by atoms with E-state index in [9.17, 15) is 35.1 Å². The van der Waals surface area contributed by atoms with Gasteiger partial charge in [-0.3, -0.25) is 0 Å². The Hall–Kier alpha value is -1.75. The van der Waals surface area contributed by atoms with Crippen molar-refractivity contribution in [1.29, 1.82) is 10.5 Å². The maximum atomic E-state index is 15.2. The van der Waals surface area contributed by atoms with Gasteiger partial charge in [-0.2, -0.15) is 45.6 Å². The van der Waals surface area contributed by atoms with Gasteiger partial charge in [0.25, 0.3) is 0 Å². The van der Waals surface area contributed by atoms with Crippen molar-refractivity contribution >= 4 is 45.2 Å². The van der Waals surface area contributed by atoms with Crippen molar-refractivity contribution < 1.29 is 39.5 Å². The summed E-state index contributed by atoms with van der Waals surface area (Å²) in [4.78, 5) is 0. The molecule has 13 heteroatoms. The van der Waals surface area contributed by atoms with E-state index in [-0.39, 0.29) is 24.3 Å². The lowest BCUT2D eigenvalue weighted by Crippen LogP contribution is -2.60. The summed E-state index contributed by atoms with van der Waals surface area (Å²) in [6.45, 7) is 0. The second-order valence-corrected chi connectivity index (χ2v) is 8.47. The van der Waals surface area contributed by atoms with Crippen molar-refractivity contribution in [3.05, 3.63) is 54.2 Å². The zero-order valence-electron chi connectivity index (χ0n) is 14.4. The summed E-state index contributed by atoms with van der Waals surface area (Å²) in [5.74, 6) is -6.86. The number of alkyl halides is 9. The van der Waals surface area contributed by atoms with Gasteiger partial charge in [-0.05, 0) is 81.1 Å². The van der Waals surface area contributed by atoms with Gasteiger partial charge < -0.3 is 0 Å². The summed E-state index contributed by atoms with van der Waals surface area (Å²) in [5, 5.41) is 18.1. The van der Waals surface area contributed by atoms with Crippen molar-refractivity contribution in [3.63, 3.8) is 0 Å². The third-order valence-corrected chi connectivity index (χ3v) is 5.56. The Labute approximate surface area is 195 Å². The lowest BCUT2D eigenvalue weighted by atomic mass is 9.82. The number of benzene rings is 2. The highest BCUT2D eigenvalue weighted by Gasteiger charge is 2.82. The van der Waals surface area contributed by atoms with Crippen LogP contribution in [0.5, 0.6) is 0 Å². The Balaban J connectivity index is 3.09. The molecule has 0 bridgehead atoms. The van der Waals surface area contributed by atoms with Crippen molar-refractivity contribution in [2.45, 2.75) is 23.9 Å². The summed E-state index contributed by atoms with van der Waals surface area (Å²) in [6, 6.07) is 7.25. The number of hydrogen-bond acceptors (Lipinski definition) is 2. The first-order chi connectivity index (χ1) is 14.0. The first-order valence-corrected chi connectivity index (χ1v) is 9.82. The molecular weight excluding hydrogens is 669 g/mol. The van der Waals surface area contributed by atoms with Gasteiger partial charge in [-0.1, -0.05) is 0 Å². The molecule has 0 saturated heterocycles. The van der Waals surface area contributed by atoms with E-state index in [1.165, 1.54) is 45.2 Å². The van der Waals surface area contributed by atoms with Crippen LogP contribution in [-0.2, 0) is 5.67 Å². The van der Waals surface area contributed by atoms with Gasteiger partial charge in [0.15, 0.2) is 0 Å². The summed E-state index contributed by atoms with van der Waals surface area (Å²) in [6.07, 6.45) is -13.6. The Morgan fingerprint density at radius 3 is 1.55 bits per heavy atom. The number of nitrogens with zero attached hydrogens (tertiary/aromatic N) is 2. The predicted molar refractivity (Wildman–Crippen MR) is 107 cm³/mol. The third kappa shape index (κ3) is 4.30. The van der Waals surface area contributed by atoms with Crippen LogP contribution in [0.4, 0.5) is 39.5 Å². The van der Waals surface area contributed by atoms with Crippen LogP contribution in [0.3, 0.4) is 0 Å². The fourth-order valence-electron chi connectivity index (χ4n) is 2.73. The molecule has 0 N–H and O–H groups in total. The Morgan fingerprint density at radius 1 is 0.677 bits per heavy atom. The maximum Gasteiger partial charge on any atom is 0.457 e. The van der Waals surface area contributed by atoms with Crippen molar-refractivity contribution in [1.82, 2.24) is 0 Å². The van der Waals surface area contributed by atoms with Gasteiger partial charge >= 0.3 is 23.9 Å². The zero-order valence-corrected chi connectivity index (χ0v) is 18.8. The number of hydrogen-bond donors (Lipinski definition) is 0. The molecule has 2 aromatic carbocycles. The average molecular weight is 674 g/mol.